The molecule has 0 aliphatic carbocycles. The van der Waals surface area contributed by atoms with Gasteiger partial charge in [-0.05, 0) is 37.1 Å². The van der Waals surface area contributed by atoms with Crippen LogP contribution in [-0.2, 0) is 24.4 Å². The van der Waals surface area contributed by atoms with Crippen molar-refractivity contribution in [3.63, 3.8) is 0 Å². The number of methoxy groups -OCH3 is 1. The number of rotatable bonds is 7. The zero-order chi connectivity index (χ0) is 25.2. The first kappa shape index (κ1) is 24.0. The second kappa shape index (κ2) is 9.61. The van der Waals surface area contributed by atoms with Crippen LogP contribution in [0.15, 0.2) is 54.6 Å². The third kappa shape index (κ3) is 4.89. The van der Waals surface area contributed by atoms with E-state index in [1.807, 2.05) is 55.5 Å². The van der Waals surface area contributed by atoms with Gasteiger partial charge in [0.05, 0.1) is 13.7 Å². The summed E-state index contributed by atoms with van der Waals surface area (Å²) in [5, 5.41) is 10.1. The van der Waals surface area contributed by atoms with Gasteiger partial charge in [-0.15, -0.1) is 0 Å². The highest BCUT2D eigenvalue weighted by atomic mass is 16.5. The molecule has 3 amide bonds. The first-order valence-electron chi connectivity index (χ1n) is 11.3. The Kier molecular flexibility index (Phi) is 6.59. The predicted octanol–water partition coefficient (Wildman–Crippen LogP) is 2.29. The normalized spacial score (nSPS) is 17.0. The molecule has 1 aromatic heterocycles. The highest BCUT2D eigenvalue weighted by Gasteiger charge is 2.46. The number of benzene rings is 2. The summed E-state index contributed by atoms with van der Waals surface area (Å²) in [6.07, 6.45) is 0. The van der Waals surface area contributed by atoms with Crippen LogP contribution in [0.4, 0.5) is 0 Å². The first-order chi connectivity index (χ1) is 16.7. The quantitative estimate of drug-likeness (QED) is 0.546. The molecule has 1 aliphatic rings. The molecule has 9 heteroatoms. The number of carbonyl (C=O) groups excluding carboxylic acids is 3. The van der Waals surface area contributed by atoms with E-state index in [-0.39, 0.29) is 29.7 Å². The van der Waals surface area contributed by atoms with Gasteiger partial charge in [-0.1, -0.05) is 42.0 Å². The molecule has 9 nitrogen and oxygen atoms in total. The minimum absolute atomic E-state index is 0.125. The summed E-state index contributed by atoms with van der Waals surface area (Å²) in [6.45, 7) is 4.49. The van der Waals surface area contributed by atoms with Gasteiger partial charge in [-0.2, -0.15) is 5.10 Å². The Hall–Kier alpha value is -4.14. The van der Waals surface area contributed by atoms with Gasteiger partial charge in [-0.25, -0.2) is 0 Å². The van der Waals surface area contributed by atoms with Crippen LogP contribution in [0.2, 0.25) is 0 Å². The summed E-state index contributed by atoms with van der Waals surface area (Å²) in [5.74, 6) is -0.328. The average molecular weight is 476 g/mol. The number of carbonyl (C=O) groups is 3. The highest BCUT2D eigenvalue weighted by molar-refractivity contribution is 6.01. The number of amides is 3. The Balaban J connectivity index is 1.44. The maximum atomic E-state index is 13.1. The lowest BCUT2D eigenvalue weighted by atomic mass is 9.95. The van der Waals surface area contributed by atoms with Crippen LogP contribution in [0.25, 0.3) is 0 Å². The van der Waals surface area contributed by atoms with Crippen LogP contribution in [0.1, 0.15) is 44.6 Å². The number of fused-ring (bicyclic) bond motifs is 1. The predicted molar refractivity (Wildman–Crippen MR) is 130 cm³/mol. The lowest BCUT2D eigenvalue weighted by Crippen LogP contribution is -2.62. The molecule has 0 bridgehead atoms. The fourth-order valence-corrected chi connectivity index (χ4v) is 3.93. The number of nitrogens with zero attached hydrogens (tertiary/aromatic N) is 3. The Morgan fingerprint density at radius 1 is 1.03 bits per heavy atom. The zero-order valence-corrected chi connectivity index (χ0v) is 20.3. The molecule has 2 N–H and O–H groups in total. The molecule has 4 rings (SSSR count). The molecule has 0 fully saturated rings. The summed E-state index contributed by atoms with van der Waals surface area (Å²) in [5.41, 5.74) is 2.24. The highest BCUT2D eigenvalue weighted by Crippen LogP contribution is 2.26. The van der Waals surface area contributed by atoms with Crippen LogP contribution in [0.5, 0.6) is 5.75 Å². The van der Waals surface area contributed by atoms with Crippen molar-refractivity contribution in [3.8, 4) is 5.75 Å². The third-order valence-electron chi connectivity index (χ3n) is 6.41. The smallest absolute Gasteiger partial charge is 0.272 e. The number of likely N-dealkylation sites (N-methyl/N-ethyl adjacent to an activating group) is 1. The Bertz CT molecular complexity index is 1250. The topological polar surface area (TPSA) is 106 Å². The lowest BCUT2D eigenvalue weighted by molar-refractivity contribution is -0.132. The van der Waals surface area contributed by atoms with Crippen LogP contribution < -0.4 is 15.4 Å². The van der Waals surface area contributed by atoms with Gasteiger partial charge in [-0.3, -0.25) is 19.1 Å². The fourth-order valence-electron chi connectivity index (χ4n) is 3.93. The molecule has 0 saturated heterocycles. The van der Waals surface area contributed by atoms with E-state index in [0.717, 1.165) is 22.4 Å². The van der Waals surface area contributed by atoms with Crippen LogP contribution in [0, 0.1) is 6.92 Å². The molecule has 2 heterocycles. The van der Waals surface area contributed by atoms with Gasteiger partial charge >= 0.3 is 0 Å². The van der Waals surface area contributed by atoms with Crippen molar-refractivity contribution in [1.82, 2.24) is 25.3 Å². The molecule has 35 heavy (non-hydrogen) atoms. The van der Waals surface area contributed by atoms with E-state index in [1.54, 1.807) is 21.1 Å². The molecule has 1 aliphatic heterocycles. The Labute approximate surface area is 204 Å². The molecule has 2 aromatic carbocycles. The number of aromatic nitrogens is 2. The molecule has 1 atom stereocenters. The molecule has 0 spiro atoms. The van der Waals surface area contributed by atoms with Crippen molar-refractivity contribution in [3.05, 3.63) is 82.7 Å². The van der Waals surface area contributed by atoms with Crippen molar-refractivity contribution in [2.24, 2.45) is 0 Å². The second-order valence-corrected chi connectivity index (χ2v) is 8.91. The van der Waals surface area contributed by atoms with E-state index < -0.39 is 11.4 Å². The summed E-state index contributed by atoms with van der Waals surface area (Å²) >= 11 is 0. The van der Waals surface area contributed by atoms with Crippen LogP contribution in [0.3, 0.4) is 0 Å². The minimum Gasteiger partial charge on any atom is -0.497 e. The molecule has 0 radical (unpaired) electrons. The van der Waals surface area contributed by atoms with Crippen molar-refractivity contribution in [1.29, 1.82) is 0 Å². The van der Waals surface area contributed by atoms with E-state index >= 15 is 0 Å². The molecule has 3 aromatic rings. The zero-order valence-electron chi connectivity index (χ0n) is 20.3. The first-order valence-corrected chi connectivity index (χ1v) is 11.3. The van der Waals surface area contributed by atoms with Gasteiger partial charge in [0.15, 0.2) is 5.69 Å². The van der Waals surface area contributed by atoms with E-state index in [0.29, 0.717) is 13.1 Å². The summed E-state index contributed by atoms with van der Waals surface area (Å²) in [4.78, 5) is 40.3. The summed E-state index contributed by atoms with van der Waals surface area (Å²) in [7, 11) is 3.18. The SMILES string of the molecule is COc1ccc(CNC(=O)c2cc3n(n2)C[C@@](C)(C(=O)NCc2ccc(C)cc2)N(C)C3=O)cc1. The molecular formula is C26H29N5O4. The van der Waals surface area contributed by atoms with Crippen LogP contribution in [-0.4, -0.2) is 52.1 Å². The molecule has 0 saturated carbocycles. The summed E-state index contributed by atoms with van der Waals surface area (Å²) in [6, 6.07) is 16.7. The van der Waals surface area contributed by atoms with Gasteiger partial charge in [0.2, 0.25) is 5.91 Å². The maximum Gasteiger partial charge on any atom is 0.272 e. The van der Waals surface area contributed by atoms with Crippen molar-refractivity contribution >= 4 is 17.7 Å². The van der Waals surface area contributed by atoms with E-state index in [1.165, 1.54) is 15.6 Å². The Morgan fingerprint density at radius 2 is 1.63 bits per heavy atom. The van der Waals surface area contributed by atoms with E-state index in [9.17, 15) is 14.4 Å². The van der Waals surface area contributed by atoms with Crippen molar-refractivity contribution in [2.75, 3.05) is 14.2 Å². The molecule has 182 valence electrons. The summed E-state index contributed by atoms with van der Waals surface area (Å²) < 4.78 is 6.58. The molecular weight excluding hydrogens is 446 g/mol. The monoisotopic (exact) mass is 475 g/mol. The average Bonchev–Trinajstić information content (AvgIpc) is 3.29. The van der Waals surface area contributed by atoms with Gasteiger partial charge in [0.1, 0.15) is 17.0 Å². The van der Waals surface area contributed by atoms with Gasteiger partial charge in [0.25, 0.3) is 11.8 Å². The van der Waals surface area contributed by atoms with E-state index in [2.05, 4.69) is 15.7 Å². The lowest BCUT2D eigenvalue weighted by Gasteiger charge is -2.40. The molecule has 0 unspecified atom stereocenters. The Morgan fingerprint density at radius 3 is 2.26 bits per heavy atom. The van der Waals surface area contributed by atoms with Crippen LogP contribution >= 0.6 is 0 Å². The van der Waals surface area contributed by atoms with E-state index in [4.69, 9.17) is 4.74 Å². The maximum absolute atomic E-state index is 13.1. The largest absolute Gasteiger partial charge is 0.497 e. The van der Waals surface area contributed by atoms with Crippen molar-refractivity contribution < 1.29 is 19.1 Å². The number of hydrogen-bond acceptors (Lipinski definition) is 5. The number of hydrogen-bond donors (Lipinski definition) is 2. The van der Waals surface area contributed by atoms with Gasteiger partial charge in [0, 0.05) is 26.2 Å². The standard InChI is InChI=1S/C26H29N5O4/c1-17-5-7-18(8-6-17)15-28-25(34)26(2)16-31-22(24(33)30(26)3)13-21(29-31)23(32)27-14-19-9-11-20(35-4)12-10-19/h5-13H,14-16H2,1-4H3,(H,27,32)(H,28,34)/t26-/m0/s1. The number of aryl methyl sites for hydroxylation is 1. The number of ether oxygens (including phenoxy) is 1. The third-order valence-corrected chi connectivity index (χ3v) is 6.41. The second-order valence-electron chi connectivity index (χ2n) is 8.91. The fraction of sp³-hybridized carbons (Fsp3) is 0.308. The van der Waals surface area contributed by atoms with Crippen molar-refractivity contribution in [2.45, 2.75) is 39.0 Å². The van der Waals surface area contributed by atoms with Gasteiger partial charge < -0.3 is 20.3 Å². The number of nitrogens with one attached hydrogen (secondary N) is 2. The minimum atomic E-state index is -1.16.